The van der Waals surface area contributed by atoms with Gasteiger partial charge in [0, 0.05) is 5.75 Å². The summed E-state index contributed by atoms with van der Waals surface area (Å²) < 4.78 is 0. The number of unbranched alkanes of at least 4 members (excludes halogenated alkanes) is 1. The molecule has 0 nitrogen and oxygen atoms in total. The van der Waals surface area contributed by atoms with Crippen LogP contribution in [0.5, 0.6) is 0 Å². The third kappa shape index (κ3) is 4.65. The second-order valence-electron chi connectivity index (χ2n) is 2.91. The van der Waals surface area contributed by atoms with E-state index < -0.39 is 0 Å². The molecule has 0 atom stereocenters. The number of terminal acetylenes is 1. The zero-order valence-electron chi connectivity index (χ0n) is 7.70. The van der Waals surface area contributed by atoms with Crippen molar-refractivity contribution in [1.29, 1.82) is 0 Å². The molecule has 68 valence electrons. The van der Waals surface area contributed by atoms with Crippen molar-refractivity contribution >= 4 is 11.8 Å². The van der Waals surface area contributed by atoms with E-state index in [-0.39, 0.29) is 0 Å². The SMILES string of the molecule is C#CSCCCCc1ccccc1. The first-order valence-electron chi connectivity index (χ1n) is 4.55. The van der Waals surface area contributed by atoms with Crippen LogP contribution in [0.4, 0.5) is 0 Å². The Morgan fingerprint density at radius 2 is 1.92 bits per heavy atom. The molecule has 0 aliphatic heterocycles. The monoisotopic (exact) mass is 190 g/mol. The highest BCUT2D eigenvalue weighted by Gasteiger charge is 1.91. The van der Waals surface area contributed by atoms with Crippen LogP contribution < -0.4 is 0 Å². The van der Waals surface area contributed by atoms with E-state index in [2.05, 4.69) is 35.6 Å². The Hall–Kier alpha value is -0.870. The average Bonchev–Trinajstić information content (AvgIpc) is 2.19. The minimum atomic E-state index is 1.09. The summed E-state index contributed by atoms with van der Waals surface area (Å²) in [6.07, 6.45) is 8.75. The van der Waals surface area contributed by atoms with E-state index in [1.165, 1.54) is 24.8 Å². The Kier molecular flexibility index (Phi) is 5.20. The number of benzene rings is 1. The van der Waals surface area contributed by atoms with Gasteiger partial charge in [-0.2, -0.15) is 0 Å². The molecule has 1 heteroatoms. The molecular weight excluding hydrogens is 176 g/mol. The maximum Gasteiger partial charge on any atom is 0.00567 e. The fourth-order valence-electron chi connectivity index (χ4n) is 1.21. The Morgan fingerprint density at radius 3 is 2.62 bits per heavy atom. The van der Waals surface area contributed by atoms with E-state index >= 15 is 0 Å². The van der Waals surface area contributed by atoms with Crippen molar-refractivity contribution in [2.75, 3.05) is 5.75 Å². The Labute approximate surface area is 84.7 Å². The van der Waals surface area contributed by atoms with Crippen LogP contribution in [0.2, 0.25) is 0 Å². The van der Waals surface area contributed by atoms with Crippen LogP contribution in [0, 0.1) is 11.7 Å². The van der Waals surface area contributed by atoms with Crippen molar-refractivity contribution in [3.8, 4) is 11.7 Å². The molecule has 0 unspecified atom stereocenters. The van der Waals surface area contributed by atoms with Gasteiger partial charge in [0.2, 0.25) is 0 Å². The number of thioether (sulfide) groups is 1. The van der Waals surface area contributed by atoms with E-state index in [1.807, 2.05) is 0 Å². The first-order valence-corrected chi connectivity index (χ1v) is 5.53. The Morgan fingerprint density at radius 1 is 1.15 bits per heavy atom. The molecule has 0 bridgehead atoms. The molecule has 0 aliphatic carbocycles. The van der Waals surface area contributed by atoms with Gasteiger partial charge in [0.15, 0.2) is 0 Å². The highest BCUT2D eigenvalue weighted by molar-refractivity contribution is 8.03. The molecule has 0 saturated carbocycles. The van der Waals surface area contributed by atoms with Crippen molar-refractivity contribution in [3.63, 3.8) is 0 Å². The molecular formula is C12H14S. The van der Waals surface area contributed by atoms with Crippen molar-refractivity contribution in [3.05, 3.63) is 35.9 Å². The van der Waals surface area contributed by atoms with Crippen molar-refractivity contribution in [2.24, 2.45) is 0 Å². The second-order valence-corrected chi connectivity index (χ2v) is 3.84. The topological polar surface area (TPSA) is 0 Å². The lowest BCUT2D eigenvalue weighted by molar-refractivity contribution is 0.803. The highest BCUT2D eigenvalue weighted by Crippen LogP contribution is 2.07. The first-order chi connectivity index (χ1) is 6.43. The maximum atomic E-state index is 5.13. The van der Waals surface area contributed by atoms with Gasteiger partial charge in [0.05, 0.1) is 0 Å². The standard InChI is InChI=1S/C12H14S/c1-2-13-11-7-6-10-12-8-4-3-5-9-12/h1,3-5,8-9H,6-7,10-11H2. The summed E-state index contributed by atoms with van der Waals surface area (Å²) in [6, 6.07) is 10.6. The molecule has 0 amide bonds. The molecule has 0 fully saturated rings. The van der Waals surface area contributed by atoms with Gasteiger partial charge in [0.25, 0.3) is 0 Å². The van der Waals surface area contributed by atoms with Gasteiger partial charge in [-0.05, 0) is 30.1 Å². The lowest BCUT2D eigenvalue weighted by atomic mass is 10.1. The fourth-order valence-corrected chi connectivity index (χ4v) is 1.67. The Bertz CT molecular complexity index is 258. The van der Waals surface area contributed by atoms with E-state index in [1.54, 1.807) is 11.8 Å². The van der Waals surface area contributed by atoms with Crippen LogP contribution in [0.15, 0.2) is 30.3 Å². The van der Waals surface area contributed by atoms with Gasteiger partial charge < -0.3 is 0 Å². The summed E-state index contributed by atoms with van der Waals surface area (Å²) in [5.41, 5.74) is 1.42. The Balaban J connectivity index is 2.11. The lowest BCUT2D eigenvalue weighted by Gasteiger charge is -1.99. The molecule has 1 aromatic rings. The van der Waals surface area contributed by atoms with Gasteiger partial charge in [-0.15, -0.1) is 6.42 Å². The predicted octanol–water partition coefficient (Wildman–Crippen LogP) is 3.33. The molecule has 1 aromatic carbocycles. The molecule has 0 aliphatic rings. The van der Waals surface area contributed by atoms with Crippen molar-refractivity contribution in [2.45, 2.75) is 19.3 Å². The lowest BCUT2D eigenvalue weighted by Crippen LogP contribution is -1.85. The first kappa shape index (κ1) is 10.2. The van der Waals surface area contributed by atoms with Gasteiger partial charge in [-0.25, -0.2) is 0 Å². The van der Waals surface area contributed by atoms with E-state index in [0.29, 0.717) is 0 Å². The van der Waals surface area contributed by atoms with Crippen LogP contribution in [0.25, 0.3) is 0 Å². The number of hydrogen-bond donors (Lipinski definition) is 0. The van der Waals surface area contributed by atoms with Crippen molar-refractivity contribution in [1.82, 2.24) is 0 Å². The van der Waals surface area contributed by atoms with Crippen LogP contribution in [0.1, 0.15) is 18.4 Å². The average molecular weight is 190 g/mol. The van der Waals surface area contributed by atoms with Gasteiger partial charge in [-0.1, -0.05) is 42.1 Å². The molecule has 0 spiro atoms. The highest BCUT2D eigenvalue weighted by atomic mass is 32.2. The summed E-state index contributed by atoms with van der Waals surface area (Å²) in [7, 11) is 0. The molecule has 0 saturated heterocycles. The summed E-state index contributed by atoms with van der Waals surface area (Å²) >= 11 is 1.57. The summed E-state index contributed by atoms with van der Waals surface area (Å²) in [6.45, 7) is 0. The van der Waals surface area contributed by atoms with E-state index in [0.717, 1.165) is 5.75 Å². The molecule has 0 heterocycles. The molecule has 0 radical (unpaired) electrons. The zero-order chi connectivity index (χ0) is 9.36. The largest absolute Gasteiger partial charge is 0.108 e. The summed E-state index contributed by atoms with van der Waals surface area (Å²) in [4.78, 5) is 0. The van der Waals surface area contributed by atoms with Crippen LogP contribution in [0.3, 0.4) is 0 Å². The third-order valence-corrected chi connectivity index (χ3v) is 2.55. The quantitative estimate of drug-likeness (QED) is 0.507. The minimum absolute atomic E-state index is 1.09. The molecule has 0 aromatic heterocycles. The molecule has 1 rings (SSSR count). The van der Waals surface area contributed by atoms with Gasteiger partial charge in [0.1, 0.15) is 0 Å². The predicted molar refractivity (Wildman–Crippen MR) is 60.7 cm³/mol. The smallest absolute Gasteiger partial charge is 0.00567 e. The van der Waals surface area contributed by atoms with Crippen LogP contribution >= 0.6 is 11.8 Å². The van der Waals surface area contributed by atoms with Gasteiger partial charge >= 0.3 is 0 Å². The van der Waals surface area contributed by atoms with E-state index in [9.17, 15) is 0 Å². The normalized spacial score (nSPS) is 9.46. The third-order valence-electron chi connectivity index (χ3n) is 1.89. The van der Waals surface area contributed by atoms with Crippen LogP contribution in [-0.2, 0) is 6.42 Å². The zero-order valence-corrected chi connectivity index (χ0v) is 8.52. The fraction of sp³-hybridized carbons (Fsp3) is 0.333. The summed E-state index contributed by atoms with van der Waals surface area (Å²) in [5.74, 6) is 1.09. The molecule has 0 N–H and O–H groups in total. The number of hydrogen-bond acceptors (Lipinski definition) is 1. The number of rotatable bonds is 5. The van der Waals surface area contributed by atoms with Crippen LogP contribution in [-0.4, -0.2) is 5.75 Å². The van der Waals surface area contributed by atoms with Gasteiger partial charge in [-0.3, -0.25) is 0 Å². The molecule has 13 heavy (non-hydrogen) atoms. The maximum absolute atomic E-state index is 5.13. The van der Waals surface area contributed by atoms with E-state index in [4.69, 9.17) is 6.42 Å². The number of aryl methyl sites for hydroxylation is 1. The van der Waals surface area contributed by atoms with Crippen molar-refractivity contribution < 1.29 is 0 Å². The summed E-state index contributed by atoms with van der Waals surface area (Å²) in [5, 5.41) is 2.58. The second kappa shape index (κ2) is 6.62. The minimum Gasteiger partial charge on any atom is -0.108 e.